The predicted octanol–water partition coefficient (Wildman–Crippen LogP) is 2.31. The molecule has 1 heterocycles. The Morgan fingerprint density at radius 2 is 1.82 bits per heavy atom. The summed E-state index contributed by atoms with van der Waals surface area (Å²) in [6.07, 6.45) is 0. The van der Waals surface area contributed by atoms with E-state index in [9.17, 15) is 10.2 Å². The molecule has 0 unspecified atom stereocenters. The van der Waals surface area contributed by atoms with Gasteiger partial charge < -0.3 is 15.2 Å². The van der Waals surface area contributed by atoms with Gasteiger partial charge in [-0.05, 0) is 29.3 Å². The first kappa shape index (κ1) is 10.3. The summed E-state index contributed by atoms with van der Waals surface area (Å²) in [5.74, 6) is 0. The highest BCUT2D eigenvalue weighted by atomic mass is 16.3. The highest BCUT2D eigenvalue weighted by Crippen LogP contribution is 2.29. The SMILES string of the molecule is OCc1ccc2[nH]c3cccc(CO)c3c2c1. The number of nitrogens with one attached hydrogen (secondary N) is 1. The molecule has 0 fully saturated rings. The molecular formula is C14H13NO2. The van der Waals surface area contributed by atoms with Crippen molar-refractivity contribution in [3.8, 4) is 0 Å². The Bertz CT molecular complexity index is 685. The Balaban J connectivity index is 2.46. The fraction of sp³-hybridized carbons (Fsp3) is 0.143. The van der Waals surface area contributed by atoms with Gasteiger partial charge in [0.2, 0.25) is 0 Å². The lowest BCUT2D eigenvalue weighted by atomic mass is 10.1. The maximum Gasteiger partial charge on any atom is 0.0688 e. The van der Waals surface area contributed by atoms with Gasteiger partial charge >= 0.3 is 0 Å². The quantitative estimate of drug-likeness (QED) is 0.629. The first-order valence-electron chi connectivity index (χ1n) is 5.57. The van der Waals surface area contributed by atoms with Crippen LogP contribution in [0, 0.1) is 0 Å². The van der Waals surface area contributed by atoms with Crippen molar-refractivity contribution < 1.29 is 10.2 Å². The standard InChI is InChI=1S/C14H13NO2/c16-7-9-4-5-12-11(6-9)14-10(8-17)2-1-3-13(14)15-12/h1-6,15-17H,7-8H2. The minimum atomic E-state index is 0.0215. The van der Waals surface area contributed by atoms with Gasteiger partial charge in [-0.15, -0.1) is 0 Å². The van der Waals surface area contributed by atoms with E-state index < -0.39 is 0 Å². The van der Waals surface area contributed by atoms with Crippen molar-refractivity contribution in [2.45, 2.75) is 13.2 Å². The lowest BCUT2D eigenvalue weighted by Crippen LogP contribution is -1.84. The van der Waals surface area contributed by atoms with E-state index in [1.54, 1.807) is 0 Å². The van der Waals surface area contributed by atoms with E-state index in [-0.39, 0.29) is 13.2 Å². The second-order valence-corrected chi connectivity index (χ2v) is 4.16. The lowest BCUT2D eigenvalue weighted by molar-refractivity contribution is 0.282. The molecule has 1 aromatic heterocycles. The van der Waals surface area contributed by atoms with E-state index in [4.69, 9.17) is 0 Å². The van der Waals surface area contributed by atoms with E-state index in [2.05, 4.69) is 4.98 Å². The monoisotopic (exact) mass is 227 g/mol. The first-order valence-corrected chi connectivity index (χ1v) is 5.57. The van der Waals surface area contributed by atoms with Crippen LogP contribution >= 0.6 is 0 Å². The molecule has 3 heteroatoms. The van der Waals surface area contributed by atoms with Crippen molar-refractivity contribution in [2.75, 3.05) is 0 Å². The normalized spacial score (nSPS) is 11.4. The molecule has 0 saturated heterocycles. The van der Waals surface area contributed by atoms with Crippen molar-refractivity contribution in [3.05, 3.63) is 47.5 Å². The van der Waals surface area contributed by atoms with Gasteiger partial charge in [0.15, 0.2) is 0 Å². The highest BCUT2D eigenvalue weighted by molar-refractivity contribution is 6.09. The Morgan fingerprint density at radius 3 is 2.59 bits per heavy atom. The maximum atomic E-state index is 9.38. The first-order chi connectivity index (χ1) is 8.33. The molecule has 86 valence electrons. The van der Waals surface area contributed by atoms with Crippen molar-refractivity contribution >= 4 is 21.8 Å². The fourth-order valence-corrected chi connectivity index (χ4v) is 2.30. The predicted molar refractivity (Wildman–Crippen MR) is 67.7 cm³/mol. The molecule has 17 heavy (non-hydrogen) atoms. The number of hydrogen-bond acceptors (Lipinski definition) is 2. The Hall–Kier alpha value is -1.84. The molecule has 3 rings (SSSR count). The van der Waals surface area contributed by atoms with E-state index in [0.717, 1.165) is 32.9 Å². The third-order valence-electron chi connectivity index (χ3n) is 3.13. The van der Waals surface area contributed by atoms with E-state index in [1.807, 2.05) is 36.4 Å². The van der Waals surface area contributed by atoms with Crippen LogP contribution in [-0.4, -0.2) is 15.2 Å². The molecule has 2 aromatic carbocycles. The fourth-order valence-electron chi connectivity index (χ4n) is 2.30. The van der Waals surface area contributed by atoms with Crippen LogP contribution < -0.4 is 0 Å². The van der Waals surface area contributed by atoms with Crippen LogP contribution in [0.15, 0.2) is 36.4 Å². The Labute approximate surface area is 98.3 Å². The molecule has 0 amide bonds. The van der Waals surface area contributed by atoms with Crippen LogP contribution in [0.2, 0.25) is 0 Å². The van der Waals surface area contributed by atoms with E-state index in [0.29, 0.717) is 0 Å². The molecule has 0 aliphatic heterocycles. The second-order valence-electron chi connectivity index (χ2n) is 4.16. The van der Waals surface area contributed by atoms with Gasteiger partial charge in [-0.3, -0.25) is 0 Å². The van der Waals surface area contributed by atoms with Gasteiger partial charge in [-0.2, -0.15) is 0 Å². The molecule has 3 aromatic rings. The molecule has 0 saturated carbocycles. The summed E-state index contributed by atoms with van der Waals surface area (Å²) in [4.78, 5) is 3.31. The summed E-state index contributed by atoms with van der Waals surface area (Å²) in [6, 6.07) is 11.7. The number of benzene rings is 2. The van der Waals surface area contributed by atoms with Gasteiger partial charge in [0.05, 0.1) is 13.2 Å². The summed E-state index contributed by atoms with van der Waals surface area (Å²) >= 11 is 0. The third kappa shape index (κ3) is 1.52. The van der Waals surface area contributed by atoms with Crippen LogP contribution in [0.5, 0.6) is 0 Å². The summed E-state index contributed by atoms with van der Waals surface area (Å²) in [5.41, 5.74) is 3.83. The van der Waals surface area contributed by atoms with Crippen LogP contribution in [0.3, 0.4) is 0 Å². The van der Waals surface area contributed by atoms with Gasteiger partial charge in [0.1, 0.15) is 0 Å². The molecule has 0 aliphatic carbocycles. The summed E-state index contributed by atoms with van der Waals surface area (Å²) in [7, 11) is 0. The number of aliphatic hydroxyl groups is 2. The Kier molecular flexibility index (Phi) is 2.35. The molecule has 0 atom stereocenters. The van der Waals surface area contributed by atoms with Crippen molar-refractivity contribution in [2.24, 2.45) is 0 Å². The van der Waals surface area contributed by atoms with Crippen LogP contribution in [-0.2, 0) is 13.2 Å². The van der Waals surface area contributed by atoms with E-state index >= 15 is 0 Å². The number of fused-ring (bicyclic) bond motifs is 3. The lowest BCUT2D eigenvalue weighted by Gasteiger charge is -2.00. The highest BCUT2D eigenvalue weighted by Gasteiger charge is 2.08. The average molecular weight is 227 g/mol. The third-order valence-corrected chi connectivity index (χ3v) is 3.13. The molecule has 3 nitrogen and oxygen atoms in total. The largest absolute Gasteiger partial charge is 0.392 e. The summed E-state index contributed by atoms with van der Waals surface area (Å²) in [5, 5.41) is 20.6. The number of aromatic nitrogens is 1. The zero-order valence-corrected chi connectivity index (χ0v) is 9.27. The van der Waals surface area contributed by atoms with Crippen molar-refractivity contribution in [3.63, 3.8) is 0 Å². The minimum Gasteiger partial charge on any atom is -0.392 e. The number of hydrogen-bond donors (Lipinski definition) is 3. The molecule has 3 N–H and O–H groups in total. The van der Waals surface area contributed by atoms with Crippen LogP contribution in [0.1, 0.15) is 11.1 Å². The number of H-pyrrole nitrogens is 1. The number of aliphatic hydroxyl groups excluding tert-OH is 2. The zero-order valence-electron chi connectivity index (χ0n) is 9.27. The second kappa shape index (κ2) is 3.87. The topological polar surface area (TPSA) is 56.2 Å². The van der Waals surface area contributed by atoms with Gasteiger partial charge in [-0.25, -0.2) is 0 Å². The number of rotatable bonds is 2. The number of aromatic amines is 1. The minimum absolute atomic E-state index is 0.0215. The molecular weight excluding hydrogens is 214 g/mol. The summed E-state index contributed by atoms with van der Waals surface area (Å²) < 4.78 is 0. The van der Waals surface area contributed by atoms with Gasteiger partial charge in [0, 0.05) is 21.8 Å². The van der Waals surface area contributed by atoms with Gasteiger partial charge in [0.25, 0.3) is 0 Å². The van der Waals surface area contributed by atoms with Crippen molar-refractivity contribution in [1.82, 2.24) is 4.98 Å². The average Bonchev–Trinajstić information content (AvgIpc) is 2.75. The molecule has 0 spiro atoms. The van der Waals surface area contributed by atoms with Crippen LogP contribution in [0.4, 0.5) is 0 Å². The van der Waals surface area contributed by atoms with E-state index in [1.165, 1.54) is 0 Å². The Morgan fingerprint density at radius 1 is 0.941 bits per heavy atom. The molecule has 0 radical (unpaired) electrons. The molecule has 0 bridgehead atoms. The van der Waals surface area contributed by atoms with Crippen molar-refractivity contribution in [1.29, 1.82) is 0 Å². The van der Waals surface area contributed by atoms with Crippen LogP contribution in [0.25, 0.3) is 21.8 Å². The zero-order chi connectivity index (χ0) is 11.8. The summed E-state index contributed by atoms with van der Waals surface area (Å²) in [6.45, 7) is 0.0531. The van der Waals surface area contributed by atoms with Gasteiger partial charge in [-0.1, -0.05) is 18.2 Å². The maximum absolute atomic E-state index is 9.38. The molecule has 0 aliphatic rings. The smallest absolute Gasteiger partial charge is 0.0688 e.